The first-order valence-corrected chi connectivity index (χ1v) is 16.2. The summed E-state index contributed by atoms with van der Waals surface area (Å²) in [6, 6.07) is 14.3. The summed E-state index contributed by atoms with van der Waals surface area (Å²) in [7, 11) is 5.09. The number of carbonyl (C=O) groups excluding carboxylic acids is 2. The molecule has 0 saturated heterocycles. The van der Waals surface area contributed by atoms with E-state index in [1.807, 2.05) is 48.5 Å². The molecule has 4 atom stereocenters. The number of ether oxygens (including phenoxy) is 2. The number of aromatic hydroxyl groups is 1. The molecule has 1 fully saturated rings. The topological polar surface area (TPSA) is 155 Å². The van der Waals surface area contributed by atoms with E-state index in [0.29, 0.717) is 28.6 Å². The maximum atomic E-state index is 14.5. The van der Waals surface area contributed by atoms with Gasteiger partial charge in [-0.3, -0.25) is 14.5 Å². The van der Waals surface area contributed by atoms with Crippen LogP contribution >= 0.6 is 0 Å². The number of hydrogen-bond donors (Lipinski definition) is 4. The number of aliphatic hydroxyl groups excluding tert-OH is 1. The highest BCUT2D eigenvalue weighted by atomic mass is 16.5. The van der Waals surface area contributed by atoms with Crippen molar-refractivity contribution in [2.24, 2.45) is 11.8 Å². The van der Waals surface area contributed by atoms with Gasteiger partial charge in [0.15, 0.2) is 11.4 Å². The number of phenols is 1. The number of Topliss-reactive ketones (excluding diaryl/α,β-unsaturated/α-hetero) is 2. The minimum atomic E-state index is -2.54. The molecule has 250 valence electrons. The van der Waals surface area contributed by atoms with E-state index in [9.17, 15) is 24.9 Å². The van der Waals surface area contributed by atoms with Gasteiger partial charge in [-0.1, -0.05) is 49.4 Å². The highest BCUT2D eigenvalue weighted by molar-refractivity contribution is 6.26. The number of aromatic nitrogens is 1. The average molecular weight is 654 g/mol. The van der Waals surface area contributed by atoms with Gasteiger partial charge in [-0.25, -0.2) is 0 Å². The van der Waals surface area contributed by atoms with Gasteiger partial charge in [-0.2, -0.15) is 0 Å². The van der Waals surface area contributed by atoms with Crippen molar-refractivity contribution in [3.8, 4) is 17.4 Å². The maximum absolute atomic E-state index is 14.5. The van der Waals surface area contributed by atoms with Crippen LogP contribution in [0.4, 0.5) is 0 Å². The number of carbonyl (C=O) groups is 2. The van der Waals surface area contributed by atoms with Gasteiger partial charge >= 0.3 is 0 Å². The number of fused-ring (bicyclic) bond motifs is 5. The Morgan fingerprint density at radius 1 is 1.04 bits per heavy atom. The van der Waals surface area contributed by atoms with Crippen molar-refractivity contribution in [3.05, 3.63) is 87.7 Å². The third-order valence-electron chi connectivity index (χ3n) is 10.1. The standard InChI is InChI=1S/C37H39N3O8/c1-5-13-38-17-20-11-12-22-23(14-20)30(41)27-24(32(22)46-4)15-21-16-25-29(40(2)3)33-28(35(44)37(25,45)34(43)26(21)31(27)42)36(39-48-33)47-18-19-9-7-6-8-10-19/h6-12,14,21,25,29,38,41-42,45H,5,13,15-18H2,1-4H3/t21-,25-,29-,37-/m0/s1. The highest BCUT2D eigenvalue weighted by Crippen LogP contribution is 2.57. The third-order valence-corrected chi connectivity index (χ3v) is 10.1. The third kappa shape index (κ3) is 4.71. The van der Waals surface area contributed by atoms with E-state index >= 15 is 0 Å². The summed E-state index contributed by atoms with van der Waals surface area (Å²) in [6.07, 6.45) is 1.38. The second-order valence-electron chi connectivity index (χ2n) is 13.1. The lowest BCUT2D eigenvalue weighted by Crippen LogP contribution is -2.63. The van der Waals surface area contributed by atoms with E-state index in [0.717, 1.165) is 24.1 Å². The molecule has 3 aliphatic carbocycles. The summed E-state index contributed by atoms with van der Waals surface area (Å²) in [5.74, 6) is -3.34. The fourth-order valence-corrected chi connectivity index (χ4v) is 7.88. The van der Waals surface area contributed by atoms with E-state index < -0.39 is 40.8 Å². The van der Waals surface area contributed by atoms with Crippen molar-refractivity contribution in [3.63, 3.8) is 0 Å². The number of aliphatic hydroxyl groups is 2. The Balaban J connectivity index is 1.33. The molecule has 7 rings (SSSR count). The van der Waals surface area contributed by atoms with Crippen LogP contribution in [-0.4, -0.2) is 70.3 Å². The molecule has 4 N–H and O–H groups in total. The zero-order valence-corrected chi connectivity index (χ0v) is 27.4. The number of benzene rings is 3. The molecule has 0 spiro atoms. The molecule has 0 bridgehead atoms. The van der Waals surface area contributed by atoms with Gasteiger partial charge in [0, 0.05) is 34.4 Å². The number of phenolic OH excluding ortho intramolecular Hbond substituents is 1. The van der Waals surface area contributed by atoms with Gasteiger partial charge in [0.1, 0.15) is 29.4 Å². The van der Waals surface area contributed by atoms with Crippen LogP contribution in [0.2, 0.25) is 0 Å². The fourth-order valence-electron chi connectivity index (χ4n) is 7.88. The van der Waals surface area contributed by atoms with Crippen molar-refractivity contribution in [1.82, 2.24) is 15.4 Å². The molecule has 1 saturated carbocycles. The highest BCUT2D eigenvalue weighted by Gasteiger charge is 2.65. The molecule has 0 unspecified atom stereocenters. The molecule has 11 heteroatoms. The van der Waals surface area contributed by atoms with E-state index in [4.69, 9.17) is 14.0 Å². The number of rotatable bonds is 9. The van der Waals surface area contributed by atoms with Crippen LogP contribution in [0.1, 0.15) is 64.2 Å². The van der Waals surface area contributed by atoms with Crippen molar-refractivity contribution >= 4 is 28.1 Å². The monoisotopic (exact) mass is 653 g/mol. The molecule has 11 nitrogen and oxygen atoms in total. The van der Waals surface area contributed by atoms with Gasteiger partial charge in [0.05, 0.1) is 18.7 Å². The van der Waals surface area contributed by atoms with Gasteiger partial charge < -0.3 is 34.6 Å². The first kappa shape index (κ1) is 31.9. The minimum absolute atomic E-state index is 0.0737. The molecule has 0 aliphatic heterocycles. The van der Waals surface area contributed by atoms with E-state index in [2.05, 4.69) is 17.4 Å². The SMILES string of the molecule is CCCNCc1ccc2c(OC)c3c(c(O)c2c1)C(O)=C1C(=O)[C@]2(O)C(=O)c4c(OCc5ccccc5)noc4[C@@H](N(C)C)[C@@H]2C[C@@H]1C3. The molecular weight excluding hydrogens is 614 g/mol. The van der Waals surface area contributed by atoms with Gasteiger partial charge in [0.25, 0.3) is 5.88 Å². The lowest BCUT2D eigenvalue weighted by Gasteiger charge is -2.49. The Labute approximate surface area is 277 Å². The van der Waals surface area contributed by atoms with Crippen LogP contribution in [0, 0.1) is 11.8 Å². The van der Waals surface area contributed by atoms with Crippen LogP contribution in [0.5, 0.6) is 17.4 Å². The Morgan fingerprint density at radius 2 is 1.81 bits per heavy atom. The molecule has 4 aromatic rings. The predicted molar refractivity (Wildman–Crippen MR) is 177 cm³/mol. The normalized spacial score (nSPS) is 23.2. The molecule has 1 aromatic heterocycles. The summed E-state index contributed by atoms with van der Waals surface area (Å²) in [5, 5.41) is 44.4. The number of nitrogens with one attached hydrogen (secondary N) is 1. The second kappa shape index (κ2) is 12.1. The zero-order chi connectivity index (χ0) is 33.9. The van der Waals surface area contributed by atoms with Gasteiger partial charge in [0.2, 0.25) is 11.6 Å². The Morgan fingerprint density at radius 3 is 2.52 bits per heavy atom. The smallest absolute Gasteiger partial charge is 0.265 e. The molecular formula is C37H39N3O8. The Bertz CT molecular complexity index is 1970. The molecule has 48 heavy (non-hydrogen) atoms. The van der Waals surface area contributed by atoms with Crippen molar-refractivity contribution in [1.29, 1.82) is 0 Å². The van der Waals surface area contributed by atoms with Crippen LogP contribution in [0.15, 0.2) is 58.6 Å². The first-order chi connectivity index (χ1) is 23.1. The lowest BCUT2D eigenvalue weighted by atomic mass is 9.57. The summed E-state index contributed by atoms with van der Waals surface area (Å²) >= 11 is 0. The molecule has 3 aliphatic rings. The number of methoxy groups -OCH3 is 1. The fraction of sp³-hybridized carbons (Fsp3) is 0.378. The van der Waals surface area contributed by atoms with Crippen molar-refractivity contribution in [2.45, 2.75) is 51.0 Å². The Hall–Kier alpha value is -4.71. The Kier molecular flexibility index (Phi) is 8.01. The lowest BCUT2D eigenvalue weighted by molar-refractivity contribution is -0.142. The van der Waals surface area contributed by atoms with E-state index in [1.54, 1.807) is 19.0 Å². The molecule has 1 heterocycles. The van der Waals surface area contributed by atoms with Crippen molar-refractivity contribution in [2.75, 3.05) is 27.7 Å². The van der Waals surface area contributed by atoms with Crippen LogP contribution in [-0.2, 0) is 24.4 Å². The quantitative estimate of drug-likeness (QED) is 0.144. The summed E-state index contributed by atoms with van der Waals surface area (Å²) in [5.41, 5.74) is -0.323. The summed E-state index contributed by atoms with van der Waals surface area (Å²) in [4.78, 5) is 30.6. The average Bonchev–Trinajstić information content (AvgIpc) is 3.49. The van der Waals surface area contributed by atoms with Crippen LogP contribution in [0.3, 0.4) is 0 Å². The summed E-state index contributed by atoms with van der Waals surface area (Å²) in [6.45, 7) is 3.59. The van der Waals surface area contributed by atoms with Crippen LogP contribution < -0.4 is 14.8 Å². The first-order valence-electron chi connectivity index (χ1n) is 16.2. The van der Waals surface area contributed by atoms with E-state index in [1.165, 1.54) is 7.11 Å². The predicted octanol–water partition coefficient (Wildman–Crippen LogP) is 4.88. The minimum Gasteiger partial charge on any atom is -0.507 e. The van der Waals surface area contributed by atoms with Crippen LogP contribution in [0.25, 0.3) is 16.5 Å². The summed E-state index contributed by atoms with van der Waals surface area (Å²) < 4.78 is 17.5. The van der Waals surface area contributed by atoms with Gasteiger partial charge in [-0.05, 0) is 68.2 Å². The molecule has 0 radical (unpaired) electrons. The molecule has 3 aromatic carbocycles. The second-order valence-corrected chi connectivity index (χ2v) is 13.1. The van der Waals surface area contributed by atoms with Gasteiger partial charge in [-0.15, -0.1) is 0 Å². The number of nitrogens with zero attached hydrogens (tertiary/aromatic N) is 2. The van der Waals surface area contributed by atoms with Crippen molar-refractivity contribution < 1.29 is 38.9 Å². The molecule has 0 amide bonds. The maximum Gasteiger partial charge on any atom is 0.265 e. The largest absolute Gasteiger partial charge is 0.507 e. The van der Waals surface area contributed by atoms with E-state index in [-0.39, 0.29) is 53.5 Å². The zero-order valence-electron chi connectivity index (χ0n) is 27.4. The number of ketones is 2. The number of hydrogen-bond acceptors (Lipinski definition) is 11.